The third-order valence-electron chi connectivity index (χ3n) is 3.40. The van der Waals surface area contributed by atoms with E-state index < -0.39 is 5.97 Å². The van der Waals surface area contributed by atoms with Crippen molar-refractivity contribution >= 4 is 11.9 Å². The van der Waals surface area contributed by atoms with Gasteiger partial charge in [0, 0.05) is 19.6 Å². The number of nitrogens with zero attached hydrogens (tertiary/aromatic N) is 1. The molecule has 1 aliphatic rings. The Kier molecular flexibility index (Phi) is 4.34. The zero-order valence-electron chi connectivity index (χ0n) is 11.2. The predicted octanol–water partition coefficient (Wildman–Crippen LogP) is 0.767. The average molecular weight is 280 g/mol. The first kappa shape index (κ1) is 14.5. The van der Waals surface area contributed by atoms with Crippen LogP contribution in [0.1, 0.15) is 11.1 Å². The van der Waals surface area contributed by atoms with E-state index >= 15 is 0 Å². The van der Waals surface area contributed by atoms with E-state index in [-0.39, 0.29) is 30.7 Å². The van der Waals surface area contributed by atoms with Crippen molar-refractivity contribution in [2.75, 3.05) is 19.6 Å². The van der Waals surface area contributed by atoms with Crippen molar-refractivity contribution in [3.05, 3.63) is 35.1 Å². The highest BCUT2D eigenvalue weighted by atomic mass is 19.1. The Bertz CT molecular complexity index is 527. The van der Waals surface area contributed by atoms with Crippen LogP contribution in [0.15, 0.2) is 18.2 Å². The fourth-order valence-electron chi connectivity index (χ4n) is 2.06. The number of benzene rings is 1. The third-order valence-corrected chi connectivity index (χ3v) is 3.40. The fourth-order valence-corrected chi connectivity index (χ4v) is 2.06. The zero-order chi connectivity index (χ0) is 14.7. The van der Waals surface area contributed by atoms with Crippen molar-refractivity contribution < 1.29 is 19.1 Å². The van der Waals surface area contributed by atoms with Gasteiger partial charge in [-0.3, -0.25) is 14.5 Å². The van der Waals surface area contributed by atoms with E-state index in [9.17, 15) is 14.0 Å². The molecule has 1 heterocycles. The first-order valence-electron chi connectivity index (χ1n) is 6.42. The molecule has 1 aromatic rings. The second kappa shape index (κ2) is 6.00. The summed E-state index contributed by atoms with van der Waals surface area (Å²) in [5.74, 6) is -1.66. The number of likely N-dealkylation sites (tertiary alicyclic amines) is 1. The Morgan fingerprint density at radius 3 is 2.75 bits per heavy atom. The molecule has 1 saturated heterocycles. The summed E-state index contributed by atoms with van der Waals surface area (Å²) in [5, 5.41) is 11.4. The molecule has 5 nitrogen and oxygen atoms in total. The lowest BCUT2D eigenvalue weighted by Crippen LogP contribution is -2.53. The minimum Gasteiger partial charge on any atom is -0.481 e. The van der Waals surface area contributed by atoms with Gasteiger partial charge in [-0.05, 0) is 24.1 Å². The molecule has 20 heavy (non-hydrogen) atoms. The van der Waals surface area contributed by atoms with Crippen molar-refractivity contribution in [1.82, 2.24) is 10.2 Å². The van der Waals surface area contributed by atoms with Gasteiger partial charge in [0.1, 0.15) is 5.82 Å². The zero-order valence-corrected chi connectivity index (χ0v) is 11.2. The van der Waals surface area contributed by atoms with Gasteiger partial charge >= 0.3 is 5.97 Å². The Labute approximate surface area is 116 Å². The molecule has 0 radical (unpaired) electrons. The van der Waals surface area contributed by atoms with E-state index in [0.29, 0.717) is 24.2 Å². The third kappa shape index (κ3) is 3.54. The van der Waals surface area contributed by atoms with E-state index in [1.807, 2.05) is 0 Å². The number of amides is 1. The summed E-state index contributed by atoms with van der Waals surface area (Å²) in [7, 11) is 0. The van der Waals surface area contributed by atoms with E-state index in [4.69, 9.17) is 5.11 Å². The average Bonchev–Trinajstić information content (AvgIpc) is 2.34. The van der Waals surface area contributed by atoms with Crippen LogP contribution in [0.5, 0.6) is 0 Å². The highest BCUT2D eigenvalue weighted by Gasteiger charge is 2.33. The van der Waals surface area contributed by atoms with Crippen molar-refractivity contribution in [2.24, 2.45) is 5.92 Å². The fraction of sp³-hybridized carbons (Fsp3) is 0.429. The standard InChI is InChI=1S/C14H17FN2O3/c1-9-2-3-10(4-12(9)15)5-16-13(18)8-17-6-11(7-17)14(19)20/h2-4,11H,5-8H2,1H3,(H,16,18)(H,19,20). The van der Waals surface area contributed by atoms with Crippen LogP contribution in [0.4, 0.5) is 4.39 Å². The summed E-state index contributed by atoms with van der Waals surface area (Å²) in [5.41, 5.74) is 1.27. The van der Waals surface area contributed by atoms with Gasteiger partial charge in [0.05, 0.1) is 12.5 Å². The number of carboxylic acids is 1. The maximum Gasteiger partial charge on any atom is 0.309 e. The minimum absolute atomic E-state index is 0.179. The maximum absolute atomic E-state index is 13.3. The molecular formula is C14H17FN2O3. The van der Waals surface area contributed by atoms with E-state index in [0.717, 1.165) is 0 Å². The number of aliphatic carboxylic acids is 1. The van der Waals surface area contributed by atoms with Crippen LogP contribution in [0.25, 0.3) is 0 Å². The van der Waals surface area contributed by atoms with Crippen LogP contribution >= 0.6 is 0 Å². The van der Waals surface area contributed by atoms with Gasteiger partial charge < -0.3 is 10.4 Å². The molecule has 6 heteroatoms. The van der Waals surface area contributed by atoms with Crippen molar-refractivity contribution in [3.63, 3.8) is 0 Å². The Hall–Kier alpha value is -1.95. The van der Waals surface area contributed by atoms with Crippen molar-refractivity contribution in [3.8, 4) is 0 Å². The predicted molar refractivity (Wildman–Crippen MR) is 70.5 cm³/mol. The first-order valence-corrected chi connectivity index (χ1v) is 6.42. The molecular weight excluding hydrogens is 263 g/mol. The second-order valence-corrected chi connectivity index (χ2v) is 5.09. The molecule has 0 spiro atoms. The number of carbonyl (C=O) groups excluding carboxylic acids is 1. The molecule has 0 aromatic heterocycles. The molecule has 0 unspecified atom stereocenters. The number of halogens is 1. The Balaban J connectivity index is 1.73. The van der Waals surface area contributed by atoms with E-state index in [1.165, 1.54) is 6.07 Å². The van der Waals surface area contributed by atoms with E-state index in [1.54, 1.807) is 24.0 Å². The van der Waals surface area contributed by atoms with Crippen LogP contribution in [0, 0.1) is 18.7 Å². The van der Waals surface area contributed by atoms with Crippen LogP contribution in [0.3, 0.4) is 0 Å². The molecule has 2 N–H and O–H groups in total. The normalized spacial score (nSPS) is 15.7. The maximum atomic E-state index is 13.3. The largest absolute Gasteiger partial charge is 0.481 e. The summed E-state index contributed by atoms with van der Waals surface area (Å²) < 4.78 is 13.3. The summed E-state index contributed by atoms with van der Waals surface area (Å²) in [6.45, 7) is 2.94. The summed E-state index contributed by atoms with van der Waals surface area (Å²) in [4.78, 5) is 24.0. The van der Waals surface area contributed by atoms with Crippen LogP contribution in [0.2, 0.25) is 0 Å². The molecule has 0 saturated carbocycles. The number of aryl methyl sites for hydroxylation is 1. The molecule has 1 amide bonds. The van der Waals surface area contributed by atoms with Crippen LogP contribution in [-0.2, 0) is 16.1 Å². The summed E-state index contributed by atoms with van der Waals surface area (Å²) >= 11 is 0. The molecule has 0 atom stereocenters. The summed E-state index contributed by atoms with van der Waals surface area (Å²) in [6.07, 6.45) is 0. The van der Waals surface area contributed by atoms with Gasteiger partial charge in [-0.2, -0.15) is 0 Å². The van der Waals surface area contributed by atoms with Crippen LogP contribution < -0.4 is 5.32 Å². The molecule has 0 aliphatic carbocycles. The quantitative estimate of drug-likeness (QED) is 0.835. The van der Waals surface area contributed by atoms with Gasteiger partial charge in [0.2, 0.25) is 5.91 Å². The Morgan fingerprint density at radius 2 is 2.15 bits per heavy atom. The number of rotatable bonds is 5. The summed E-state index contributed by atoms with van der Waals surface area (Å²) in [6, 6.07) is 4.84. The SMILES string of the molecule is Cc1ccc(CNC(=O)CN2CC(C(=O)O)C2)cc1F. The highest BCUT2D eigenvalue weighted by molar-refractivity contribution is 5.79. The molecule has 1 aromatic carbocycles. The molecule has 0 bridgehead atoms. The number of carboxylic acid groups (broad SMARTS) is 1. The number of carbonyl (C=O) groups is 2. The lowest BCUT2D eigenvalue weighted by Gasteiger charge is -2.35. The monoisotopic (exact) mass is 280 g/mol. The first-order chi connectivity index (χ1) is 9.45. The van der Waals surface area contributed by atoms with Crippen molar-refractivity contribution in [2.45, 2.75) is 13.5 Å². The Morgan fingerprint density at radius 1 is 1.45 bits per heavy atom. The smallest absolute Gasteiger partial charge is 0.309 e. The molecule has 2 rings (SSSR count). The number of nitrogens with one attached hydrogen (secondary N) is 1. The number of hydrogen-bond acceptors (Lipinski definition) is 3. The van der Waals surface area contributed by atoms with Gasteiger partial charge in [-0.15, -0.1) is 0 Å². The second-order valence-electron chi connectivity index (χ2n) is 5.09. The lowest BCUT2D eigenvalue weighted by atomic mass is 10.0. The highest BCUT2D eigenvalue weighted by Crippen LogP contribution is 2.14. The molecule has 1 aliphatic heterocycles. The van der Waals surface area contributed by atoms with Gasteiger partial charge in [0.25, 0.3) is 0 Å². The van der Waals surface area contributed by atoms with Gasteiger partial charge in [-0.1, -0.05) is 12.1 Å². The minimum atomic E-state index is -0.822. The van der Waals surface area contributed by atoms with Gasteiger partial charge in [0.15, 0.2) is 0 Å². The molecule has 108 valence electrons. The topological polar surface area (TPSA) is 69.6 Å². The van der Waals surface area contributed by atoms with E-state index in [2.05, 4.69) is 5.32 Å². The van der Waals surface area contributed by atoms with Gasteiger partial charge in [-0.25, -0.2) is 4.39 Å². The van der Waals surface area contributed by atoms with Crippen LogP contribution in [-0.4, -0.2) is 41.5 Å². The molecule has 1 fully saturated rings. The van der Waals surface area contributed by atoms with Crippen molar-refractivity contribution in [1.29, 1.82) is 0 Å². The lowest BCUT2D eigenvalue weighted by molar-refractivity contribution is -0.148. The number of hydrogen-bond donors (Lipinski definition) is 2.